The van der Waals surface area contributed by atoms with Crippen LogP contribution in [0.15, 0.2) is 22.7 Å². The first kappa shape index (κ1) is 19.5. The zero-order valence-electron chi connectivity index (χ0n) is 14.4. The second kappa shape index (κ2) is 7.57. The Balaban J connectivity index is 2.19. The Morgan fingerprint density at radius 1 is 1.52 bits per heavy atom. The molecule has 0 bridgehead atoms. The number of hydrogen-bond acceptors (Lipinski definition) is 6. The molecule has 1 saturated heterocycles. The van der Waals surface area contributed by atoms with Crippen LogP contribution in [0, 0.1) is 10.1 Å². The van der Waals surface area contributed by atoms with E-state index in [-0.39, 0.29) is 24.9 Å². The maximum Gasteiger partial charge on any atom is 0.407 e. The number of nitrogens with zero attached hydrogens (tertiary/aromatic N) is 2. The number of aliphatic hydroxyl groups is 1. The molecule has 0 unspecified atom stereocenters. The van der Waals surface area contributed by atoms with Crippen molar-refractivity contribution in [2.45, 2.75) is 44.9 Å². The third-order valence-electron chi connectivity index (χ3n) is 3.78. The first-order valence-corrected chi connectivity index (χ1v) is 8.70. The van der Waals surface area contributed by atoms with E-state index in [9.17, 15) is 20.0 Å². The van der Waals surface area contributed by atoms with Gasteiger partial charge in [-0.15, -0.1) is 0 Å². The fraction of sp³-hybridized carbons (Fsp3) is 0.562. The molecule has 0 aliphatic carbocycles. The van der Waals surface area contributed by atoms with Gasteiger partial charge in [-0.25, -0.2) is 4.79 Å². The Bertz CT molecular complexity index is 662. The molecule has 8 nitrogen and oxygen atoms in total. The van der Waals surface area contributed by atoms with E-state index in [0.29, 0.717) is 16.6 Å². The number of alkyl carbamates (subject to hydrolysis) is 1. The van der Waals surface area contributed by atoms with Crippen molar-refractivity contribution < 1.29 is 19.6 Å². The summed E-state index contributed by atoms with van der Waals surface area (Å²) < 4.78 is 6.11. The smallest absolute Gasteiger partial charge is 0.407 e. The van der Waals surface area contributed by atoms with Gasteiger partial charge in [0.2, 0.25) is 0 Å². The molecule has 1 aliphatic heterocycles. The molecule has 1 aliphatic rings. The highest BCUT2D eigenvalue weighted by molar-refractivity contribution is 9.10. The summed E-state index contributed by atoms with van der Waals surface area (Å²) in [7, 11) is 0. The van der Waals surface area contributed by atoms with Gasteiger partial charge in [-0.1, -0.05) is 15.9 Å². The maximum atomic E-state index is 12.0. The predicted octanol–water partition coefficient (Wildman–Crippen LogP) is 2.82. The van der Waals surface area contributed by atoms with Gasteiger partial charge in [0.05, 0.1) is 24.1 Å². The Labute approximate surface area is 154 Å². The van der Waals surface area contributed by atoms with Gasteiger partial charge in [-0.3, -0.25) is 10.1 Å². The molecule has 0 radical (unpaired) electrons. The first-order chi connectivity index (χ1) is 11.6. The van der Waals surface area contributed by atoms with E-state index in [0.717, 1.165) is 0 Å². The predicted molar refractivity (Wildman–Crippen MR) is 96.8 cm³/mol. The lowest BCUT2D eigenvalue weighted by molar-refractivity contribution is -0.384. The number of amides is 1. The number of carbonyl (C=O) groups excluding carboxylic acids is 1. The lowest BCUT2D eigenvalue weighted by Crippen LogP contribution is -2.42. The normalized spacial score (nSPS) is 20.4. The lowest BCUT2D eigenvalue weighted by atomic mass is 10.1. The van der Waals surface area contributed by atoms with Crippen molar-refractivity contribution in [1.29, 1.82) is 0 Å². The summed E-state index contributed by atoms with van der Waals surface area (Å²) >= 11 is 3.32. The minimum Gasteiger partial charge on any atom is -0.444 e. The summed E-state index contributed by atoms with van der Waals surface area (Å²) in [6.07, 6.45) is -0.601. The van der Waals surface area contributed by atoms with Crippen molar-refractivity contribution >= 4 is 33.4 Å². The minimum absolute atomic E-state index is 0.0542. The fourth-order valence-corrected chi connectivity index (χ4v) is 3.14. The van der Waals surface area contributed by atoms with Crippen LogP contribution in [0.3, 0.4) is 0 Å². The highest BCUT2D eigenvalue weighted by Gasteiger charge is 2.37. The van der Waals surface area contributed by atoms with Crippen molar-refractivity contribution in [3.8, 4) is 0 Å². The monoisotopic (exact) mass is 415 g/mol. The first-order valence-electron chi connectivity index (χ1n) is 7.91. The molecule has 0 spiro atoms. The number of hydrogen-bond donors (Lipinski definition) is 2. The van der Waals surface area contributed by atoms with Crippen LogP contribution in [0.25, 0.3) is 0 Å². The van der Waals surface area contributed by atoms with Gasteiger partial charge in [0, 0.05) is 22.5 Å². The Hall–Kier alpha value is -1.87. The third kappa shape index (κ3) is 5.05. The second-order valence-electron chi connectivity index (χ2n) is 7.02. The highest BCUT2D eigenvalue weighted by Crippen LogP contribution is 2.36. The summed E-state index contributed by atoms with van der Waals surface area (Å²) in [6, 6.07) is 4.28. The second-order valence-corrected chi connectivity index (χ2v) is 7.93. The van der Waals surface area contributed by atoms with Gasteiger partial charge < -0.3 is 20.1 Å². The number of aliphatic hydroxyl groups excluding tert-OH is 1. The van der Waals surface area contributed by atoms with Gasteiger partial charge in [0.15, 0.2) is 0 Å². The molecule has 1 aromatic rings. The van der Waals surface area contributed by atoms with Gasteiger partial charge in [-0.2, -0.15) is 0 Å². The number of rotatable bonds is 4. The Morgan fingerprint density at radius 2 is 2.20 bits per heavy atom. The van der Waals surface area contributed by atoms with E-state index in [4.69, 9.17) is 4.74 Å². The molecule has 0 aromatic heterocycles. The molecule has 2 N–H and O–H groups in total. The summed E-state index contributed by atoms with van der Waals surface area (Å²) in [5, 5.41) is 23.7. The van der Waals surface area contributed by atoms with Crippen LogP contribution in [0.1, 0.15) is 27.2 Å². The largest absolute Gasteiger partial charge is 0.444 e. The standard InChI is InChI=1S/C16H22BrN3O5/c1-16(2,3)18-15(22)25-12-7-11(9-21)19(8-12)14-6-10(17)4-5-13(14)20(23)24/h4-6,11-12,21H,7-9H2,1-3H3,(H,18,22)/t11-,12-/m0/s1. The molecule has 9 heteroatoms. The van der Waals surface area contributed by atoms with Crippen LogP contribution >= 0.6 is 15.9 Å². The molecule has 25 heavy (non-hydrogen) atoms. The number of benzene rings is 1. The van der Waals surface area contributed by atoms with Crippen LogP contribution < -0.4 is 10.2 Å². The van der Waals surface area contributed by atoms with Crippen molar-refractivity contribution in [3.63, 3.8) is 0 Å². The molecular weight excluding hydrogens is 394 g/mol. The van der Waals surface area contributed by atoms with Crippen molar-refractivity contribution in [2.24, 2.45) is 0 Å². The topological polar surface area (TPSA) is 105 Å². The van der Waals surface area contributed by atoms with Gasteiger partial charge in [0.1, 0.15) is 11.8 Å². The summed E-state index contributed by atoms with van der Waals surface area (Å²) in [5.41, 5.74) is -0.0864. The summed E-state index contributed by atoms with van der Waals surface area (Å²) in [6.45, 7) is 5.62. The SMILES string of the molecule is CC(C)(C)NC(=O)O[C@H]1C[C@@H](CO)N(c2cc(Br)ccc2[N+](=O)[O-])C1. The van der Waals surface area contributed by atoms with Crippen LogP contribution in [0.4, 0.5) is 16.2 Å². The number of anilines is 1. The molecule has 138 valence electrons. The maximum absolute atomic E-state index is 12.0. The molecule has 1 heterocycles. The molecule has 0 saturated carbocycles. The average molecular weight is 416 g/mol. The van der Waals surface area contributed by atoms with Gasteiger partial charge >= 0.3 is 6.09 Å². The van der Waals surface area contributed by atoms with Crippen LogP contribution in [0.5, 0.6) is 0 Å². The third-order valence-corrected chi connectivity index (χ3v) is 4.27. The number of carbonyl (C=O) groups is 1. The Kier molecular flexibility index (Phi) is 5.89. The van der Waals surface area contributed by atoms with Crippen molar-refractivity contribution in [2.75, 3.05) is 18.1 Å². The highest BCUT2D eigenvalue weighted by atomic mass is 79.9. The van der Waals surface area contributed by atoms with Crippen LogP contribution in [-0.4, -0.2) is 47.0 Å². The number of nitro groups is 1. The number of nitrogens with one attached hydrogen (secondary N) is 1. The lowest BCUT2D eigenvalue weighted by Gasteiger charge is -2.25. The zero-order chi connectivity index (χ0) is 18.8. The van der Waals surface area contributed by atoms with E-state index >= 15 is 0 Å². The van der Waals surface area contributed by atoms with E-state index in [1.807, 2.05) is 20.8 Å². The van der Waals surface area contributed by atoms with Gasteiger partial charge in [0.25, 0.3) is 5.69 Å². The zero-order valence-corrected chi connectivity index (χ0v) is 15.9. The number of ether oxygens (including phenoxy) is 1. The summed E-state index contributed by atoms with van der Waals surface area (Å²) in [4.78, 5) is 24.5. The quantitative estimate of drug-likeness (QED) is 0.578. The minimum atomic E-state index is -0.542. The molecule has 1 fully saturated rings. The van der Waals surface area contributed by atoms with E-state index in [2.05, 4.69) is 21.2 Å². The molecule has 1 aromatic carbocycles. The fourth-order valence-electron chi connectivity index (χ4n) is 2.80. The molecule has 2 rings (SSSR count). The molecule has 2 atom stereocenters. The average Bonchev–Trinajstić information content (AvgIpc) is 2.87. The van der Waals surface area contributed by atoms with Crippen LogP contribution in [-0.2, 0) is 4.74 Å². The molecular formula is C16H22BrN3O5. The van der Waals surface area contributed by atoms with Crippen molar-refractivity contribution in [3.05, 3.63) is 32.8 Å². The van der Waals surface area contributed by atoms with Crippen LogP contribution in [0.2, 0.25) is 0 Å². The number of halogens is 1. The van der Waals surface area contributed by atoms with E-state index < -0.39 is 22.7 Å². The van der Waals surface area contributed by atoms with E-state index in [1.54, 1.807) is 17.0 Å². The molecule has 1 amide bonds. The van der Waals surface area contributed by atoms with E-state index in [1.165, 1.54) is 6.07 Å². The number of nitro benzene ring substituents is 1. The Morgan fingerprint density at radius 3 is 2.76 bits per heavy atom. The summed E-state index contributed by atoms with van der Waals surface area (Å²) in [5.74, 6) is 0. The van der Waals surface area contributed by atoms with Crippen molar-refractivity contribution in [1.82, 2.24) is 5.32 Å². The van der Waals surface area contributed by atoms with Gasteiger partial charge in [-0.05, 0) is 32.9 Å².